The van der Waals surface area contributed by atoms with Crippen molar-refractivity contribution in [1.29, 1.82) is 0 Å². The molecule has 0 aliphatic heterocycles. The lowest BCUT2D eigenvalue weighted by Gasteiger charge is -2.15. The molecule has 0 unspecified atom stereocenters. The van der Waals surface area contributed by atoms with Gasteiger partial charge in [0.15, 0.2) is 0 Å². The van der Waals surface area contributed by atoms with E-state index in [2.05, 4.69) is 54.3 Å². The van der Waals surface area contributed by atoms with Crippen LogP contribution in [0.15, 0.2) is 42.5 Å². The Morgan fingerprint density at radius 1 is 1.05 bits per heavy atom. The standard InChI is InChI=1S/C17H19N3/c1-11(2)13-8-6-7-12(3)16(13)20-17-18-14-9-4-5-10-15(14)19-17/h4-11H,1-3H3,(H2,18,19,20). The molecule has 3 rings (SSSR count). The third-order valence-electron chi connectivity index (χ3n) is 3.56. The van der Waals surface area contributed by atoms with Crippen molar-refractivity contribution in [3.63, 3.8) is 0 Å². The van der Waals surface area contributed by atoms with Crippen LogP contribution in [-0.4, -0.2) is 9.97 Å². The number of imidazole rings is 1. The van der Waals surface area contributed by atoms with E-state index in [9.17, 15) is 0 Å². The first-order chi connectivity index (χ1) is 9.65. The van der Waals surface area contributed by atoms with Crippen molar-refractivity contribution in [1.82, 2.24) is 9.97 Å². The number of nitrogens with zero attached hydrogens (tertiary/aromatic N) is 1. The molecule has 1 aromatic heterocycles. The third-order valence-corrected chi connectivity index (χ3v) is 3.56. The highest BCUT2D eigenvalue weighted by Crippen LogP contribution is 2.29. The summed E-state index contributed by atoms with van der Waals surface area (Å²) in [5.74, 6) is 1.27. The van der Waals surface area contributed by atoms with Gasteiger partial charge in [-0.15, -0.1) is 0 Å². The fourth-order valence-electron chi connectivity index (χ4n) is 2.47. The molecule has 2 aromatic carbocycles. The quantitative estimate of drug-likeness (QED) is 0.718. The number of rotatable bonds is 3. The van der Waals surface area contributed by atoms with Crippen LogP contribution in [0.4, 0.5) is 11.6 Å². The van der Waals surface area contributed by atoms with Gasteiger partial charge >= 0.3 is 0 Å². The Balaban J connectivity index is 2.02. The Labute approximate surface area is 119 Å². The fraction of sp³-hybridized carbons (Fsp3) is 0.235. The number of H-pyrrole nitrogens is 1. The molecule has 0 atom stereocenters. The molecule has 0 saturated carbocycles. The van der Waals surface area contributed by atoms with Gasteiger partial charge < -0.3 is 10.3 Å². The lowest BCUT2D eigenvalue weighted by molar-refractivity contribution is 0.867. The van der Waals surface area contributed by atoms with Crippen LogP contribution in [0.2, 0.25) is 0 Å². The molecule has 3 nitrogen and oxygen atoms in total. The number of para-hydroxylation sites is 3. The number of aryl methyl sites for hydroxylation is 1. The number of hydrogen-bond donors (Lipinski definition) is 2. The van der Waals surface area contributed by atoms with Gasteiger partial charge in [0.2, 0.25) is 5.95 Å². The first-order valence-corrected chi connectivity index (χ1v) is 6.96. The lowest BCUT2D eigenvalue weighted by Crippen LogP contribution is -2.01. The van der Waals surface area contributed by atoms with E-state index >= 15 is 0 Å². The Bertz CT molecular complexity index is 708. The summed E-state index contributed by atoms with van der Waals surface area (Å²) in [4.78, 5) is 7.90. The average Bonchev–Trinajstić information content (AvgIpc) is 2.83. The van der Waals surface area contributed by atoms with Crippen LogP contribution in [-0.2, 0) is 0 Å². The summed E-state index contributed by atoms with van der Waals surface area (Å²) in [5, 5.41) is 3.44. The maximum absolute atomic E-state index is 4.58. The van der Waals surface area contributed by atoms with E-state index in [1.54, 1.807) is 0 Å². The van der Waals surface area contributed by atoms with Crippen LogP contribution < -0.4 is 5.32 Å². The number of nitrogens with one attached hydrogen (secondary N) is 2. The number of benzene rings is 2. The summed E-state index contributed by atoms with van der Waals surface area (Å²) in [6.07, 6.45) is 0. The number of aromatic nitrogens is 2. The van der Waals surface area contributed by atoms with E-state index in [1.165, 1.54) is 11.1 Å². The average molecular weight is 265 g/mol. The molecule has 102 valence electrons. The molecule has 3 aromatic rings. The predicted molar refractivity (Wildman–Crippen MR) is 84.6 cm³/mol. The van der Waals surface area contributed by atoms with Crippen LogP contribution in [0, 0.1) is 6.92 Å². The Kier molecular flexibility index (Phi) is 3.18. The van der Waals surface area contributed by atoms with E-state index < -0.39 is 0 Å². The van der Waals surface area contributed by atoms with Crippen molar-refractivity contribution in [3.8, 4) is 0 Å². The number of fused-ring (bicyclic) bond motifs is 1. The second-order valence-corrected chi connectivity index (χ2v) is 5.42. The van der Waals surface area contributed by atoms with Crippen molar-refractivity contribution in [2.45, 2.75) is 26.7 Å². The summed E-state index contributed by atoms with van der Waals surface area (Å²) in [7, 11) is 0. The van der Waals surface area contributed by atoms with Crippen molar-refractivity contribution < 1.29 is 0 Å². The molecule has 3 heteroatoms. The van der Waals surface area contributed by atoms with E-state index in [0.717, 1.165) is 22.7 Å². The normalized spacial score (nSPS) is 11.2. The van der Waals surface area contributed by atoms with Gasteiger partial charge in [0.1, 0.15) is 0 Å². The molecule has 0 aliphatic carbocycles. The molecule has 20 heavy (non-hydrogen) atoms. The summed E-state index contributed by atoms with van der Waals surface area (Å²) in [6, 6.07) is 14.5. The second kappa shape index (κ2) is 5.00. The van der Waals surface area contributed by atoms with Gasteiger partial charge in [-0.05, 0) is 36.1 Å². The summed E-state index contributed by atoms with van der Waals surface area (Å²) >= 11 is 0. The van der Waals surface area contributed by atoms with Crippen LogP contribution >= 0.6 is 0 Å². The third kappa shape index (κ3) is 2.27. The number of hydrogen-bond acceptors (Lipinski definition) is 2. The fourth-order valence-corrected chi connectivity index (χ4v) is 2.47. The molecule has 0 saturated heterocycles. The minimum atomic E-state index is 0.474. The van der Waals surface area contributed by atoms with Gasteiger partial charge in [0, 0.05) is 5.69 Å². The molecule has 0 fully saturated rings. The first kappa shape index (κ1) is 12.7. The predicted octanol–water partition coefficient (Wildman–Crippen LogP) is 4.74. The van der Waals surface area contributed by atoms with Gasteiger partial charge in [0.05, 0.1) is 11.0 Å². The molecule has 0 radical (unpaired) electrons. The number of aromatic amines is 1. The summed E-state index contributed by atoms with van der Waals surface area (Å²) in [6.45, 7) is 6.54. The van der Waals surface area contributed by atoms with Crippen LogP contribution in [0.1, 0.15) is 30.9 Å². The minimum absolute atomic E-state index is 0.474. The van der Waals surface area contributed by atoms with Gasteiger partial charge in [-0.2, -0.15) is 0 Å². The van der Waals surface area contributed by atoms with Crippen LogP contribution in [0.25, 0.3) is 11.0 Å². The molecule has 1 heterocycles. The Morgan fingerprint density at radius 2 is 1.85 bits per heavy atom. The molecular weight excluding hydrogens is 246 g/mol. The monoisotopic (exact) mass is 265 g/mol. The SMILES string of the molecule is Cc1cccc(C(C)C)c1Nc1nc2ccccc2[nH]1. The van der Waals surface area contributed by atoms with E-state index in [4.69, 9.17) is 0 Å². The minimum Gasteiger partial charge on any atom is -0.325 e. The van der Waals surface area contributed by atoms with Crippen molar-refractivity contribution >= 4 is 22.7 Å². The van der Waals surface area contributed by atoms with Crippen molar-refractivity contribution in [2.75, 3.05) is 5.32 Å². The highest BCUT2D eigenvalue weighted by Gasteiger charge is 2.10. The van der Waals surface area contributed by atoms with Crippen LogP contribution in [0.3, 0.4) is 0 Å². The molecular formula is C17H19N3. The van der Waals surface area contributed by atoms with Gasteiger partial charge in [-0.25, -0.2) is 4.98 Å². The topological polar surface area (TPSA) is 40.7 Å². The Morgan fingerprint density at radius 3 is 2.60 bits per heavy atom. The lowest BCUT2D eigenvalue weighted by atomic mass is 9.98. The molecule has 0 bridgehead atoms. The van der Waals surface area contributed by atoms with E-state index in [1.807, 2.05) is 24.3 Å². The zero-order valence-electron chi connectivity index (χ0n) is 12.1. The maximum atomic E-state index is 4.58. The summed E-state index contributed by atoms with van der Waals surface area (Å²) < 4.78 is 0. The maximum Gasteiger partial charge on any atom is 0.205 e. The van der Waals surface area contributed by atoms with Gasteiger partial charge in [-0.3, -0.25) is 0 Å². The van der Waals surface area contributed by atoms with Crippen molar-refractivity contribution in [2.24, 2.45) is 0 Å². The Hall–Kier alpha value is -2.29. The summed E-state index contributed by atoms with van der Waals surface area (Å²) in [5.41, 5.74) is 5.73. The highest BCUT2D eigenvalue weighted by atomic mass is 15.1. The zero-order chi connectivity index (χ0) is 14.1. The van der Waals surface area contributed by atoms with Crippen molar-refractivity contribution in [3.05, 3.63) is 53.6 Å². The highest BCUT2D eigenvalue weighted by molar-refractivity contribution is 5.78. The zero-order valence-corrected chi connectivity index (χ0v) is 12.1. The molecule has 0 aliphatic rings. The van der Waals surface area contributed by atoms with Gasteiger partial charge in [-0.1, -0.05) is 44.2 Å². The smallest absolute Gasteiger partial charge is 0.205 e. The molecule has 0 amide bonds. The van der Waals surface area contributed by atoms with E-state index in [-0.39, 0.29) is 0 Å². The van der Waals surface area contributed by atoms with Gasteiger partial charge in [0.25, 0.3) is 0 Å². The first-order valence-electron chi connectivity index (χ1n) is 6.96. The molecule has 0 spiro atoms. The molecule has 2 N–H and O–H groups in total. The van der Waals surface area contributed by atoms with E-state index in [0.29, 0.717) is 5.92 Å². The second-order valence-electron chi connectivity index (χ2n) is 5.42. The van der Waals surface area contributed by atoms with Crippen LogP contribution in [0.5, 0.6) is 0 Å². The largest absolute Gasteiger partial charge is 0.325 e. The number of anilines is 2.